The van der Waals surface area contributed by atoms with Gasteiger partial charge >= 0.3 is 0 Å². The second-order valence-electron chi connectivity index (χ2n) is 9.65. The van der Waals surface area contributed by atoms with E-state index in [1.807, 2.05) is 24.4 Å². The summed E-state index contributed by atoms with van der Waals surface area (Å²) in [6, 6.07) is 6.01. The fourth-order valence-electron chi connectivity index (χ4n) is 5.33. The Labute approximate surface area is 211 Å². The molecule has 35 heavy (non-hydrogen) atoms. The first kappa shape index (κ1) is 24.3. The van der Waals surface area contributed by atoms with Crippen LogP contribution in [0.1, 0.15) is 57.8 Å². The molecule has 3 aromatic rings. The second-order valence-corrected chi connectivity index (χ2v) is 12.0. The van der Waals surface area contributed by atoms with Gasteiger partial charge in [-0.15, -0.1) is 0 Å². The smallest absolute Gasteiger partial charge is 0.214 e. The first-order chi connectivity index (χ1) is 16.9. The molecular weight excluding hydrogens is 486 g/mol. The van der Waals surface area contributed by atoms with Crippen molar-refractivity contribution in [2.75, 3.05) is 12.4 Å². The highest BCUT2D eigenvalue weighted by molar-refractivity contribution is 7.90. The van der Waals surface area contributed by atoms with Crippen LogP contribution in [0.25, 0.3) is 22.2 Å². The van der Waals surface area contributed by atoms with Crippen LogP contribution in [0.15, 0.2) is 30.6 Å². The standard InChI is InChI=1S/C25H32ClN5O3S/c1-34-19-13-21-22(15-28-25(21)27-14-19)16-11-23(26)30-24(12-16)29-17-7-9-18(10-8-17)31-35(32,33)20-5-3-2-4-6-20/h11-15,17-18,20,31H,2-10H2,1H3,(H,27,28)(H,29,30)/t17-,18-. The maximum atomic E-state index is 12.8. The Morgan fingerprint density at radius 2 is 1.77 bits per heavy atom. The van der Waals surface area contributed by atoms with Crippen LogP contribution in [0.3, 0.4) is 0 Å². The van der Waals surface area contributed by atoms with Crippen LogP contribution < -0.4 is 14.8 Å². The third kappa shape index (κ3) is 5.57. The molecule has 0 aliphatic heterocycles. The Hall–Kier alpha value is -2.36. The molecule has 0 aromatic carbocycles. The highest BCUT2D eigenvalue weighted by Crippen LogP contribution is 2.33. The van der Waals surface area contributed by atoms with Crippen LogP contribution in [-0.2, 0) is 10.0 Å². The van der Waals surface area contributed by atoms with E-state index in [1.165, 1.54) is 0 Å². The van der Waals surface area contributed by atoms with Crippen molar-refractivity contribution in [2.45, 2.75) is 75.1 Å². The summed E-state index contributed by atoms with van der Waals surface area (Å²) in [5, 5.41) is 4.65. The van der Waals surface area contributed by atoms with E-state index in [4.69, 9.17) is 16.3 Å². The number of hydrogen-bond acceptors (Lipinski definition) is 6. The van der Waals surface area contributed by atoms with Gasteiger partial charge in [0.1, 0.15) is 22.4 Å². The van der Waals surface area contributed by atoms with Gasteiger partial charge in [0.05, 0.1) is 18.6 Å². The number of fused-ring (bicyclic) bond motifs is 1. The number of ether oxygens (including phenoxy) is 1. The number of nitrogens with zero attached hydrogens (tertiary/aromatic N) is 2. The van der Waals surface area contributed by atoms with Crippen LogP contribution in [0.5, 0.6) is 5.75 Å². The quantitative estimate of drug-likeness (QED) is 0.369. The van der Waals surface area contributed by atoms with Crippen LogP contribution in [0, 0.1) is 0 Å². The zero-order valence-electron chi connectivity index (χ0n) is 19.9. The van der Waals surface area contributed by atoms with Crippen molar-refractivity contribution in [3.8, 4) is 16.9 Å². The topological polar surface area (TPSA) is 109 Å². The van der Waals surface area contributed by atoms with E-state index in [2.05, 4.69) is 25.0 Å². The predicted octanol–water partition coefficient (Wildman–Crippen LogP) is 5.26. The lowest BCUT2D eigenvalue weighted by atomic mass is 9.92. The van der Waals surface area contributed by atoms with E-state index in [1.54, 1.807) is 13.3 Å². The summed E-state index contributed by atoms with van der Waals surface area (Å²) in [7, 11) is -1.61. The first-order valence-electron chi connectivity index (χ1n) is 12.4. The number of aromatic nitrogens is 3. The van der Waals surface area contributed by atoms with Gasteiger partial charge in [0.25, 0.3) is 0 Å². The molecule has 0 saturated heterocycles. The second kappa shape index (κ2) is 10.3. The van der Waals surface area contributed by atoms with Gasteiger partial charge in [-0.2, -0.15) is 0 Å². The molecule has 3 N–H and O–H groups in total. The van der Waals surface area contributed by atoms with Crippen LogP contribution >= 0.6 is 11.6 Å². The third-order valence-corrected chi connectivity index (χ3v) is 9.45. The van der Waals surface area contributed by atoms with E-state index in [-0.39, 0.29) is 17.3 Å². The monoisotopic (exact) mass is 517 g/mol. The van der Waals surface area contributed by atoms with Crippen molar-refractivity contribution in [3.63, 3.8) is 0 Å². The summed E-state index contributed by atoms with van der Waals surface area (Å²) >= 11 is 6.39. The summed E-state index contributed by atoms with van der Waals surface area (Å²) in [5.74, 6) is 1.40. The maximum Gasteiger partial charge on any atom is 0.214 e. The molecule has 5 rings (SSSR count). The normalized spacial score (nSPS) is 21.8. The minimum atomic E-state index is -3.24. The van der Waals surface area contributed by atoms with Gasteiger partial charge in [-0.3, -0.25) is 0 Å². The van der Waals surface area contributed by atoms with Gasteiger partial charge in [-0.1, -0.05) is 30.9 Å². The number of sulfonamides is 1. The van der Waals surface area contributed by atoms with Crippen molar-refractivity contribution in [1.29, 1.82) is 0 Å². The average molecular weight is 518 g/mol. The van der Waals surface area contributed by atoms with Gasteiger partial charge in [0.2, 0.25) is 10.0 Å². The number of anilines is 1. The molecule has 2 aliphatic rings. The van der Waals surface area contributed by atoms with E-state index in [0.717, 1.165) is 79.9 Å². The summed E-state index contributed by atoms with van der Waals surface area (Å²) in [6.07, 6.45) is 11.7. The summed E-state index contributed by atoms with van der Waals surface area (Å²) in [5.41, 5.74) is 2.68. The number of rotatable bonds is 7. The first-order valence-corrected chi connectivity index (χ1v) is 14.3. The summed E-state index contributed by atoms with van der Waals surface area (Å²) < 4.78 is 33.9. The van der Waals surface area contributed by atoms with Crippen LogP contribution in [0.2, 0.25) is 5.15 Å². The molecule has 188 valence electrons. The summed E-state index contributed by atoms with van der Waals surface area (Å²) in [6.45, 7) is 0. The number of methoxy groups -OCH3 is 1. The Bertz CT molecular complexity index is 1280. The molecule has 0 radical (unpaired) electrons. The molecular formula is C25H32ClN5O3S. The van der Waals surface area contributed by atoms with E-state index in [9.17, 15) is 8.42 Å². The zero-order chi connectivity index (χ0) is 24.4. The van der Waals surface area contributed by atoms with Gasteiger partial charge in [-0.05, 0) is 62.3 Å². The highest BCUT2D eigenvalue weighted by Gasteiger charge is 2.31. The minimum absolute atomic E-state index is 0.0107. The lowest BCUT2D eigenvalue weighted by molar-refractivity contribution is 0.382. The van der Waals surface area contributed by atoms with Crippen molar-refractivity contribution in [3.05, 3.63) is 35.7 Å². The number of halogens is 1. The molecule has 3 aromatic heterocycles. The Morgan fingerprint density at radius 1 is 1.03 bits per heavy atom. The average Bonchev–Trinajstić information content (AvgIpc) is 3.28. The molecule has 8 nitrogen and oxygen atoms in total. The van der Waals surface area contributed by atoms with E-state index in [0.29, 0.717) is 16.7 Å². The molecule has 0 spiro atoms. The number of nitrogens with one attached hydrogen (secondary N) is 3. The summed E-state index contributed by atoms with van der Waals surface area (Å²) in [4.78, 5) is 12.1. The molecule has 2 aliphatic carbocycles. The highest BCUT2D eigenvalue weighted by atomic mass is 35.5. The van der Waals surface area contributed by atoms with Crippen molar-refractivity contribution in [1.82, 2.24) is 19.7 Å². The number of pyridine rings is 2. The van der Waals surface area contributed by atoms with Gasteiger partial charge in [-0.25, -0.2) is 23.1 Å². The molecule has 3 heterocycles. The van der Waals surface area contributed by atoms with E-state index >= 15 is 0 Å². The molecule has 0 amide bonds. The lowest BCUT2D eigenvalue weighted by Crippen LogP contribution is -2.44. The molecule has 2 saturated carbocycles. The van der Waals surface area contributed by atoms with Crippen molar-refractivity contribution < 1.29 is 13.2 Å². The molecule has 0 bridgehead atoms. The maximum absolute atomic E-state index is 12.8. The van der Waals surface area contributed by atoms with Crippen LogP contribution in [-0.4, -0.2) is 47.8 Å². The van der Waals surface area contributed by atoms with Crippen LogP contribution in [0.4, 0.5) is 5.82 Å². The third-order valence-electron chi connectivity index (χ3n) is 7.25. The largest absolute Gasteiger partial charge is 0.495 e. The fourth-order valence-corrected chi connectivity index (χ4v) is 7.39. The van der Waals surface area contributed by atoms with Crippen molar-refractivity contribution in [2.24, 2.45) is 0 Å². The predicted molar refractivity (Wildman–Crippen MR) is 139 cm³/mol. The minimum Gasteiger partial charge on any atom is -0.495 e. The number of aromatic amines is 1. The molecule has 10 heteroatoms. The van der Waals surface area contributed by atoms with Gasteiger partial charge in [0, 0.05) is 29.2 Å². The molecule has 0 atom stereocenters. The Balaban J connectivity index is 1.24. The fraction of sp³-hybridized carbons (Fsp3) is 0.520. The number of H-pyrrole nitrogens is 1. The van der Waals surface area contributed by atoms with Crippen molar-refractivity contribution >= 4 is 38.5 Å². The number of hydrogen-bond donors (Lipinski definition) is 3. The lowest BCUT2D eigenvalue weighted by Gasteiger charge is -2.31. The Morgan fingerprint density at radius 3 is 2.51 bits per heavy atom. The van der Waals surface area contributed by atoms with E-state index < -0.39 is 10.0 Å². The Kier molecular flexibility index (Phi) is 7.18. The van der Waals surface area contributed by atoms with Gasteiger partial charge in [0.15, 0.2) is 0 Å². The SMILES string of the molecule is COc1cnc2[nH]cc(-c3cc(Cl)nc(N[C@H]4CC[C@H](NS(=O)(=O)C5CCCCC5)CC4)c3)c2c1. The van der Waals surface area contributed by atoms with Gasteiger partial charge < -0.3 is 15.0 Å². The zero-order valence-corrected chi connectivity index (χ0v) is 21.5. The molecule has 0 unspecified atom stereocenters. The molecule has 2 fully saturated rings.